The summed E-state index contributed by atoms with van der Waals surface area (Å²) in [6.45, 7) is 0. The van der Waals surface area contributed by atoms with Gasteiger partial charge in [0.25, 0.3) is 0 Å². The van der Waals surface area contributed by atoms with Crippen LogP contribution in [0.1, 0.15) is 23.0 Å². The van der Waals surface area contributed by atoms with Crippen molar-refractivity contribution in [3.8, 4) is 0 Å². The molecule has 0 saturated heterocycles. The number of fused-ring (bicyclic) bond motifs is 1. The van der Waals surface area contributed by atoms with E-state index in [-0.39, 0.29) is 12.1 Å². The zero-order valence-corrected chi connectivity index (χ0v) is 16.9. The molecule has 2 heterocycles. The van der Waals surface area contributed by atoms with E-state index in [1.54, 1.807) is 0 Å². The number of H-pyrrole nitrogens is 1. The third kappa shape index (κ3) is 3.32. The number of rotatable bonds is 3. The molecule has 4 aromatic rings. The topological polar surface area (TPSA) is 69.8 Å². The van der Waals surface area contributed by atoms with Gasteiger partial charge in [-0.3, -0.25) is 0 Å². The summed E-state index contributed by atoms with van der Waals surface area (Å²) in [6, 6.07) is 25.1. The molecule has 0 unspecified atom stereocenters. The molecule has 1 aliphatic heterocycles. The van der Waals surface area contributed by atoms with E-state index in [1.807, 2.05) is 78.9 Å². The number of aromatic nitrogens is 2. The second-order valence-corrected chi connectivity index (χ2v) is 7.76. The molecule has 0 radical (unpaired) electrons. The van der Waals surface area contributed by atoms with Gasteiger partial charge in [-0.1, -0.05) is 70.5 Å². The van der Waals surface area contributed by atoms with Gasteiger partial charge in [0.15, 0.2) is 0 Å². The van der Waals surface area contributed by atoms with Gasteiger partial charge in [-0.05, 0) is 35.4 Å². The fourth-order valence-electron chi connectivity index (χ4n) is 3.67. The van der Waals surface area contributed by atoms with Crippen molar-refractivity contribution in [3.05, 3.63) is 100 Å². The minimum Gasteiger partial charge on any atom is -0.338 e. The summed E-state index contributed by atoms with van der Waals surface area (Å²) in [5.41, 5.74) is 5.37. The van der Waals surface area contributed by atoms with E-state index < -0.39 is 0 Å². The molecule has 5 rings (SSSR count). The number of aromatic amines is 1. The van der Waals surface area contributed by atoms with Crippen molar-refractivity contribution in [3.63, 3.8) is 0 Å². The summed E-state index contributed by atoms with van der Waals surface area (Å²) in [5.74, 6) is 0.725. The van der Waals surface area contributed by atoms with Crippen LogP contribution in [0, 0.1) is 0 Å². The Morgan fingerprint density at radius 1 is 0.897 bits per heavy atom. The Hall–Kier alpha value is -3.38. The lowest BCUT2D eigenvalue weighted by Crippen LogP contribution is -2.43. The van der Waals surface area contributed by atoms with Gasteiger partial charge in [0, 0.05) is 10.0 Å². The van der Waals surface area contributed by atoms with Crippen molar-refractivity contribution in [2.45, 2.75) is 6.04 Å². The largest absolute Gasteiger partial charge is 0.338 e. The van der Waals surface area contributed by atoms with Crippen LogP contribution in [0.2, 0.25) is 0 Å². The minimum atomic E-state index is -0.350. The first-order valence-corrected chi connectivity index (χ1v) is 10.1. The van der Waals surface area contributed by atoms with Gasteiger partial charge in [0.2, 0.25) is 0 Å². The third-order valence-corrected chi connectivity index (χ3v) is 5.45. The van der Waals surface area contributed by atoms with Crippen molar-refractivity contribution >= 4 is 44.3 Å². The van der Waals surface area contributed by atoms with Crippen LogP contribution >= 0.6 is 15.9 Å². The zero-order chi connectivity index (χ0) is 19.8. The molecule has 142 valence electrons. The quantitative estimate of drug-likeness (QED) is 0.403. The van der Waals surface area contributed by atoms with E-state index in [4.69, 9.17) is 4.98 Å². The summed E-state index contributed by atoms with van der Waals surface area (Å²) in [4.78, 5) is 20.8. The standard InChI is InChI=1S/C23H17BrN4O/c24-16-10-6-9-15(13-16)21-19(22-25-17-11-4-5-12-18(17)26-22)20(27-23(29)28-21)14-7-2-1-3-8-14/h1-13,21H,(H,25,26)(H2,27,28,29)/t21-/m0/s1. The molecule has 0 spiro atoms. The van der Waals surface area contributed by atoms with Gasteiger partial charge >= 0.3 is 6.03 Å². The maximum atomic E-state index is 12.6. The molecule has 0 aliphatic carbocycles. The molecule has 3 N–H and O–H groups in total. The molecule has 5 nitrogen and oxygen atoms in total. The maximum Gasteiger partial charge on any atom is 0.320 e. The van der Waals surface area contributed by atoms with Crippen LogP contribution in [0.15, 0.2) is 83.3 Å². The molecule has 0 saturated carbocycles. The van der Waals surface area contributed by atoms with E-state index in [1.165, 1.54) is 0 Å². The smallest absolute Gasteiger partial charge is 0.320 e. The fourth-order valence-corrected chi connectivity index (χ4v) is 4.09. The second kappa shape index (κ2) is 7.22. The lowest BCUT2D eigenvalue weighted by atomic mass is 9.92. The Kier molecular flexibility index (Phi) is 4.41. The van der Waals surface area contributed by atoms with Crippen molar-refractivity contribution in [2.75, 3.05) is 0 Å². The van der Waals surface area contributed by atoms with Crippen LogP contribution in [-0.4, -0.2) is 16.0 Å². The number of urea groups is 1. The number of nitrogens with zero attached hydrogens (tertiary/aromatic N) is 1. The molecule has 1 aromatic heterocycles. The fraction of sp³-hybridized carbons (Fsp3) is 0.0435. The van der Waals surface area contributed by atoms with Gasteiger partial charge in [0.1, 0.15) is 5.82 Å². The molecular formula is C23H17BrN4O. The highest BCUT2D eigenvalue weighted by molar-refractivity contribution is 9.10. The Bertz CT molecular complexity index is 1210. The SMILES string of the molecule is O=C1NC(c2ccccc2)=C(c2nc3ccccc3[nH]2)[C@H](c2cccc(Br)c2)N1. The van der Waals surface area contributed by atoms with Crippen LogP contribution in [0.25, 0.3) is 22.3 Å². The van der Waals surface area contributed by atoms with Gasteiger partial charge in [-0.25, -0.2) is 9.78 Å². The van der Waals surface area contributed by atoms with Crippen LogP contribution in [0.3, 0.4) is 0 Å². The molecule has 2 amide bonds. The Labute approximate surface area is 176 Å². The first-order valence-electron chi connectivity index (χ1n) is 9.27. The summed E-state index contributed by atoms with van der Waals surface area (Å²) < 4.78 is 0.952. The maximum absolute atomic E-state index is 12.6. The Balaban J connectivity index is 1.78. The zero-order valence-electron chi connectivity index (χ0n) is 15.3. The summed E-state index contributed by atoms with van der Waals surface area (Å²) in [5, 5.41) is 6.06. The molecule has 1 aliphatic rings. The minimum absolute atomic E-state index is 0.242. The van der Waals surface area contributed by atoms with Crippen LogP contribution in [0.4, 0.5) is 4.79 Å². The average molecular weight is 445 g/mol. The monoisotopic (exact) mass is 444 g/mol. The van der Waals surface area contributed by atoms with Crippen molar-refractivity contribution in [2.24, 2.45) is 0 Å². The lowest BCUT2D eigenvalue weighted by molar-refractivity contribution is 0.242. The van der Waals surface area contributed by atoms with E-state index >= 15 is 0 Å². The lowest BCUT2D eigenvalue weighted by Gasteiger charge is -2.30. The average Bonchev–Trinajstić information content (AvgIpc) is 3.17. The third-order valence-electron chi connectivity index (χ3n) is 4.96. The number of carbonyl (C=O) groups excluding carboxylic acids is 1. The Morgan fingerprint density at radius 2 is 1.69 bits per heavy atom. The number of carbonyl (C=O) groups is 1. The second-order valence-electron chi connectivity index (χ2n) is 6.84. The number of benzene rings is 3. The molecule has 3 aromatic carbocycles. The number of hydrogen-bond donors (Lipinski definition) is 3. The summed E-state index contributed by atoms with van der Waals surface area (Å²) >= 11 is 3.54. The summed E-state index contributed by atoms with van der Waals surface area (Å²) in [6.07, 6.45) is 0. The van der Waals surface area contributed by atoms with Gasteiger partial charge < -0.3 is 15.6 Å². The molecule has 0 fully saturated rings. The van der Waals surface area contributed by atoms with E-state index in [9.17, 15) is 4.79 Å². The molecule has 0 bridgehead atoms. The van der Waals surface area contributed by atoms with Crippen molar-refractivity contribution in [1.29, 1.82) is 0 Å². The number of nitrogens with one attached hydrogen (secondary N) is 3. The van der Waals surface area contributed by atoms with Crippen LogP contribution in [-0.2, 0) is 0 Å². The first kappa shape index (κ1) is 17.7. The number of imidazole rings is 1. The molecular weight excluding hydrogens is 428 g/mol. The van der Waals surface area contributed by atoms with Gasteiger partial charge in [0.05, 0.1) is 22.8 Å². The predicted octanol–water partition coefficient (Wildman–Crippen LogP) is 5.25. The summed E-state index contributed by atoms with van der Waals surface area (Å²) in [7, 11) is 0. The van der Waals surface area contributed by atoms with Crippen LogP contribution in [0.5, 0.6) is 0 Å². The van der Waals surface area contributed by atoms with Crippen LogP contribution < -0.4 is 10.6 Å². The normalized spacial score (nSPS) is 16.6. The van der Waals surface area contributed by atoms with E-state index in [0.29, 0.717) is 0 Å². The molecule has 1 atom stereocenters. The predicted molar refractivity (Wildman–Crippen MR) is 118 cm³/mol. The van der Waals surface area contributed by atoms with Gasteiger partial charge in [-0.15, -0.1) is 0 Å². The van der Waals surface area contributed by atoms with Crippen molar-refractivity contribution in [1.82, 2.24) is 20.6 Å². The highest BCUT2D eigenvalue weighted by atomic mass is 79.9. The van der Waals surface area contributed by atoms with Gasteiger partial charge in [-0.2, -0.15) is 0 Å². The Morgan fingerprint density at radius 3 is 2.48 bits per heavy atom. The highest BCUT2D eigenvalue weighted by Gasteiger charge is 2.31. The van der Waals surface area contributed by atoms with E-state index in [2.05, 4.69) is 31.5 Å². The highest BCUT2D eigenvalue weighted by Crippen LogP contribution is 2.38. The molecule has 29 heavy (non-hydrogen) atoms. The number of amides is 2. The molecule has 6 heteroatoms. The first-order chi connectivity index (χ1) is 14.2. The van der Waals surface area contributed by atoms with E-state index in [0.717, 1.165) is 43.7 Å². The number of para-hydroxylation sites is 2. The number of halogens is 1. The number of hydrogen-bond acceptors (Lipinski definition) is 2. The van der Waals surface area contributed by atoms with Crippen molar-refractivity contribution < 1.29 is 4.79 Å².